The van der Waals surface area contributed by atoms with Crippen LogP contribution in [0.5, 0.6) is 0 Å². The summed E-state index contributed by atoms with van der Waals surface area (Å²) in [5, 5.41) is 24.8. The molecule has 3 aromatic rings. The number of fused-ring (bicyclic) bond motifs is 3. The van der Waals surface area contributed by atoms with Crippen LogP contribution in [0.2, 0.25) is 0 Å². The maximum absolute atomic E-state index is 11.8. The smallest absolute Gasteiger partial charge is 0.354 e. The Morgan fingerprint density at radius 1 is 1.24 bits per heavy atom. The average molecular weight is 481 g/mol. The molecule has 0 atom stereocenters. The van der Waals surface area contributed by atoms with Crippen LogP contribution in [0, 0.1) is 0 Å². The van der Waals surface area contributed by atoms with Gasteiger partial charge in [0.25, 0.3) is 0 Å². The molecular weight excluding hydrogens is 458 g/mol. The van der Waals surface area contributed by atoms with Crippen LogP contribution in [0.4, 0.5) is 0 Å². The molecule has 0 radical (unpaired) electrons. The molecule has 0 unspecified atom stereocenters. The zero-order chi connectivity index (χ0) is 19.5. The first-order valence-electron chi connectivity index (χ1n) is 9.44. The molecule has 7 nitrogen and oxygen atoms in total. The summed E-state index contributed by atoms with van der Waals surface area (Å²) in [6.45, 7) is 2.28. The van der Waals surface area contributed by atoms with Crippen molar-refractivity contribution in [3.8, 4) is 11.3 Å². The van der Waals surface area contributed by atoms with Crippen LogP contribution in [-0.4, -0.2) is 44.1 Å². The highest BCUT2D eigenvalue weighted by Crippen LogP contribution is 2.33. The fourth-order valence-corrected chi connectivity index (χ4v) is 3.94. The minimum atomic E-state index is -0.913. The first-order chi connectivity index (χ1) is 13.6. The summed E-state index contributed by atoms with van der Waals surface area (Å²) in [6, 6.07) is 8.33. The van der Waals surface area contributed by atoms with Gasteiger partial charge in [0.05, 0.1) is 11.9 Å². The van der Waals surface area contributed by atoms with Gasteiger partial charge >= 0.3 is 5.97 Å². The van der Waals surface area contributed by atoms with E-state index >= 15 is 0 Å². The Morgan fingerprint density at radius 3 is 2.79 bits per heavy atom. The van der Waals surface area contributed by atoms with Crippen molar-refractivity contribution in [1.29, 1.82) is 0 Å². The van der Waals surface area contributed by atoms with Gasteiger partial charge in [0.2, 0.25) is 0 Å². The molecule has 0 bridgehead atoms. The van der Waals surface area contributed by atoms with E-state index in [1.54, 1.807) is 10.9 Å². The number of nitrogens with one attached hydrogen (secondary N) is 2. The summed E-state index contributed by atoms with van der Waals surface area (Å²) in [5.74, 6) is -0.913. The Bertz CT molecular complexity index is 983. The van der Waals surface area contributed by atoms with Crippen LogP contribution in [0.3, 0.4) is 0 Å². The second kappa shape index (κ2) is 9.56. The second-order valence-electron chi connectivity index (χ2n) is 6.95. The Labute approximate surface area is 183 Å². The molecule has 0 amide bonds. The number of H-pyrrole nitrogens is 1. The Balaban J connectivity index is 0.00000240. The number of carboxylic acid groups (broad SMARTS) is 1. The first-order valence-corrected chi connectivity index (χ1v) is 10.2. The van der Waals surface area contributed by atoms with E-state index in [4.69, 9.17) is 0 Å². The average Bonchev–Trinajstić information content (AvgIpc) is 3.29. The van der Waals surface area contributed by atoms with Crippen molar-refractivity contribution >= 4 is 34.3 Å². The fraction of sp³-hybridized carbons (Fsp3) is 0.350. The summed E-state index contributed by atoms with van der Waals surface area (Å²) in [7, 11) is 0. The number of aromatic amines is 1. The fourth-order valence-electron chi connectivity index (χ4n) is 3.67. The van der Waals surface area contributed by atoms with Crippen LogP contribution >= 0.6 is 28.3 Å². The van der Waals surface area contributed by atoms with Gasteiger partial charge in [-0.3, -0.25) is 9.78 Å². The van der Waals surface area contributed by atoms with E-state index in [1.807, 2.05) is 12.1 Å². The number of rotatable bonds is 8. The van der Waals surface area contributed by atoms with Crippen molar-refractivity contribution in [3.63, 3.8) is 0 Å². The van der Waals surface area contributed by atoms with Gasteiger partial charge in [-0.15, -0.1) is 12.4 Å². The van der Waals surface area contributed by atoms with E-state index in [2.05, 4.69) is 48.7 Å². The predicted octanol–water partition coefficient (Wildman–Crippen LogP) is 3.48. The molecule has 4 rings (SSSR count). The minimum Gasteiger partial charge on any atom is -0.477 e. The molecule has 3 N–H and O–H groups in total. The molecule has 1 aliphatic carbocycles. The van der Waals surface area contributed by atoms with E-state index < -0.39 is 5.97 Å². The van der Waals surface area contributed by atoms with E-state index in [9.17, 15) is 9.90 Å². The summed E-state index contributed by atoms with van der Waals surface area (Å²) in [4.78, 5) is 11.8. The van der Waals surface area contributed by atoms with E-state index in [0.717, 1.165) is 59.3 Å². The SMILES string of the molecule is Cl.O=C(O)c1c2c(nn1CCCNCCc1ccc(Br)cc1)-c1cn[nH]c1CC2. The van der Waals surface area contributed by atoms with Crippen LogP contribution < -0.4 is 5.32 Å². The number of aryl methyl sites for hydroxylation is 2. The molecular formula is C20H23BrClN5O2. The number of carboxylic acids is 1. The number of hydrogen-bond donors (Lipinski definition) is 3. The molecule has 0 aliphatic heterocycles. The predicted molar refractivity (Wildman–Crippen MR) is 117 cm³/mol. The first kappa shape index (κ1) is 21.5. The Morgan fingerprint density at radius 2 is 2.03 bits per heavy atom. The van der Waals surface area contributed by atoms with Gasteiger partial charge in [0.1, 0.15) is 5.69 Å². The maximum Gasteiger partial charge on any atom is 0.354 e. The van der Waals surface area contributed by atoms with E-state index in [0.29, 0.717) is 18.7 Å². The van der Waals surface area contributed by atoms with Crippen LogP contribution in [0.25, 0.3) is 11.3 Å². The van der Waals surface area contributed by atoms with Gasteiger partial charge in [-0.05, 0) is 56.5 Å². The van der Waals surface area contributed by atoms with Crippen molar-refractivity contribution in [3.05, 3.63) is 57.4 Å². The van der Waals surface area contributed by atoms with Gasteiger partial charge in [-0.1, -0.05) is 28.1 Å². The van der Waals surface area contributed by atoms with Gasteiger partial charge < -0.3 is 10.4 Å². The minimum absolute atomic E-state index is 0. The quantitative estimate of drug-likeness (QED) is 0.429. The van der Waals surface area contributed by atoms with Gasteiger partial charge in [0, 0.05) is 27.8 Å². The van der Waals surface area contributed by atoms with Crippen LogP contribution in [-0.2, 0) is 25.8 Å². The van der Waals surface area contributed by atoms with Crippen molar-refractivity contribution in [2.75, 3.05) is 13.1 Å². The molecule has 0 fully saturated rings. The van der Waals surface area contributed by atoms with E-state index in [1.165, 1.54) is 5.56 Å². The van der Waals surface area contributed by atoms with Crippen molar-refractivity contribution in [2.24, 2.45) is 0 Å². The number of aromatic carboxylic acids is 1. The highest BCUT2D eigenvalue weighted by molar-refractivity contribution is 9.10. The summed E-state index contributed by atoms with van der Waals surface area (Å²) in [5.41, 5.74) is 5.15. The summed E-state index contributed by atoms with van der Waals surface area (Å²) < 4.78 is 2.73. The highest BCUT2D eigenvalue weighted by atomic mass is 79.9. The van der Waals surface area contributed by atoms with Gasteiger partial charge in [-0.2, -0.15) is 10.2 Å². The number of aromatic nitrogens is 4. The third kappa shape index (κ3) is 4.71. The standard InChI is InChI=1S/C20H22BrN5O2.ClH/c21-14-4-2-13(3-5-14)8-10-22-9-1-11-26-19(20(27)28)15-6-7-17-16(12-23-24-17)18(15)25-26;/h2-5,12,22H,1,6-11H2,(H,23,24)(H,27,28);1H. The molecule has 2 heterocycles. The zero-order valence-corrected chi connectivity index (χ0v) is 18.2. The summed E-state index contributed by atoms with van der Waals surface area (Å²) in [6.07, 6.45) is 4.97. The van der Waals surface area contributed by atoms with Crippen molar-refractivity contribution in [2.45, 2.75) is 32.2 Å². The van der Waals surface area contributed by atoms with Crippen LogP contribution in [0.1, 0.15) is 33.7 Å². The van der Waals surface area contributed by atoms with Gasteiger partial charge in [-0.25, -0.2) is 4.79 Å². The molecule has 9 heteroatoms. The van der Waals surface area contributed by atoms with Crippen molar-refractivity contribution in [1.82, 2.24) is 25.3 Å². The lowest BCUT2D eigenvalue weighted by Gasteiger charge is -2.10. The molecule has 29 heavy (non-hydrogen) atoms. The number of carbonyl (C=O) groups is 1. The van der Waals surface area contributed by atoms with Crippen molar-refractivity contribution < 1.29 is 9.90 Å². The highest BCUT2D eigenvalue weighted by Gasteiger charge is 2.28. The lowest BCUT2D eigenvalue weighted by atomic mass is 9.94. The number of benzene rings is 1. The molecule has 154 valence electrons. The Hall–Kier alpha value is -2.16. The largest absolute Gasteiger partial charge is 0.477 e. The topological polar surface area (TPSA) is 95.8 Å². The molecule has 0 saturated carbocycles. The lowest BCUT2D eigenvalue weighted by molar-refractivity contribution is 0.0681. The lowest BCUT2D eigenvalue weighted by Crippen LogP contribution is -2.21. The zero-order valence-electron chi connectivity index (χ0n) is 15.8. The number of hydrogen-bond acceptors (Lipinski definition) is 4. The van der Waals surface area contributed by atoms with E-state index in [-0.39, 0.29) is 12.4 Å². The molecule has 1 aromatic carbocycles. The second-order valence-corrected chi connectivity index (χ2v) is 7.86. The molecule has 1 aliphatic rings. The number of halogens is 2. The molecule has 2 aromatic heterocycles. The monoisotopic (exact) mass is 479 g/mol. The number of nitrogens with zero attached hydrogens (tertiary/aromatic N) is 3. The molecule has 0 spiro atoms. The Kier molecular flexibility index (Phi) is 7.10. The summed E-state index contributed by atoms with van der Waals surface area (Å²) >= 11 is 3.44. The molecule has 0 saturated heterocycles. The van der Waals surface area contributed by atoms with Crippen LogP contribution in [0.15, 0.2) is 34.9 Å². The normalized spacial score (nSPS) is 12.2. The van der Waals surface area contributed by atoms with Gasteiger partial charge in [0.15, 0.2) is 0 Å². The maximum atomic E-state index is 11.8. The third-order valence-corrected chi connectivity index (χ3v) is 5.61. The third-order valence-electron chi connectivity index (χ3n) is 5.08.